The van der Waals surface area contributed by atoms with Gasteiger partial charge in [0, 0.05) is 35.2 Å². The van der Waals surface area contributed by atoms with Gasteiger partial charge in [-0.2, -0.15) is 0 Å². The number of hydrogen-bond acceptors (Lipinski definition) is 1. The first-order valence-electron chi connectivity index (χ1n) is 8.19. The van der Waals surface area contributed by atoms with Gasteiger partial charge in [0.2, 0.25) is 0 Å². The van der Waals surface area contributed by atoms with E-state index >= 15 is 0 Å². The van der Waals surface area contributed by atoms with Crippen LogP contribution in [0, 0.1) is 5.92 Å². The maximum Gasteiger partial charge on any atom is 0.166 e. The Morgan fingerprint density at radius 2 is 2.19 bits per heavy atom. The molecule has 3 aliphatic heterocycles. The van der Waals surface area contributed by atoms with Crippen LogP contribution in [0.1, 0.15) is 37.7 Å². The standard InChI is InChI=1S/C19H23N2/c1-2-14-11-15-7-8-19-17(9-10-21(12-14)13-15)16-5-3-4-6-18(16)20-19/h3-6,8,11-12,15,17,20H,2,7,9-10,13H2,1H3/q+1/b19-8+. The summed E-state index contributed by atoms with van der Waals surface area (Å²) in [6.45, 7) is 4.60. The summed E-state index contributed by atoms with van der Waals surface area (Å²) in [4.78, 5) is 0. The number of anilines is 1. The third kappa shape index (κ3) is 2.33. The summed E-state index contributed by atoms with van der Waals surface area (Å²) in [5.74, 6) is 1.22. The molecule has 3 heterocycles. The molecule has 0 aliphatic carbocycles. The fourth-order valence-corrected chi connectivity index (χ4v) is 3.90. The van der Waals surface area contributed by atoms with E-state index in [4.69, 9.17) is 0 Å². The highest BCUT2D eigenvalue weighted by atomic mass is 15.0. The molecule has 1 aromatic rings. The zero-order chi connectivity index (χ0) is 14.2. The normalized spacial score (nSPS) is 29.5. The van der Waals surface area contributed by atoms with E-state index in [1.807, 2.05) is 0 Å². The minimum atomic E-state index is 0.555. The van der Waals surface area contributed by atoms with Crippen molar-refractivity contribution in [2.45, 2.75) is 32.1 Å². The van der Waals surface area contributed by atoms with Gasteiger partial charge in [-0.15, -0.1) is 0 Å². The van der Waals surface area contributed by atoms with Crippen molar-refractivity contribution in [3.63, 3.8) is 0 Å². The molecule has 2 atom stereocenters. The third-order valence-electron chi connectivity index (χ3n) is 5.01. The maximum absolute atomic E-state index is 3.65. The monoisotopic (exact) mass is 279 g/mol. The molecule has 0 saturated carbocycles. The highest BCUT2D eigenvalue weighted by Crippen LogP contribution is 2.41. The molecule has 0 saturated heterocycles. The van der Waals surface area contributed by atoms with Crippen molar-refractivity contribution in [3.8, 4) is 0 Å². The first-order chi connectivity index (χ1) is 10.3. The molecule has 1 aromatic carbocycles. The molecule has 0 fully saturated rings. The SMILES string of the molecule is CCC1=CC2C/C=C3/Nc4ccccc4C3CC[N+](=C1)C2. The average Bonchev–Trinajstić information content (AvgIpc) is 2.89. The lowest BCUT2D eigenvalue weighted by atomic mass is 9.94. The van der Waals surface area contributed by atoms with Crippen molar-refractivity contribution in [2.24, 2.45) is 5.92 Å². The molecule has 0 radical (unpaired) electrons. The van der Waals surface area contributed by atoms with E-state index in [1.54, 1.807) is 0 Å². The third-order valence-corrected chi connectivity index (χ3v) is 5.01. The smallest absolute Gasteiger partial charge is 0.166 e. The Kier molecular flexibility index (Phi) is 3.17. The van der Waals surface area contributed by atoms with Gasteiger partial charge in [-0.3, -0.25) is 0 Å². The van der Waals surface area contributed by atoms with E-state index in [0.717, 1.165) is 19.4 Å². The number of fused-ring (bicyclic) bond motifs is 5. The minimum Gasteiger partial charge on any atom is -0.358 e. The van der Waals surface area contributed by atoms with E-state index in [2.05, 4.69) is 59.4 Å². The molecule has 3 aliphatic rings. The van der Waals surface area contributed by atoms with Crippen LogP contribution < -0.4 is 5.32 Å². The van der Waals surface area contributed by atoms with Crippen LogP contribution in [0.5, 0.6) is 0 Å². The van der Waals surface area contributed by atoms with E-state index in [9.17, 15) is 0 Å². The van der Waals surface area contributed by atoms with Gasteiger partial charge in [0.1, 0.15) is 13.1 Å². The summed E-state index contributed by atoms with van der Waals surface area (Å²) >= 11 is 0. The van der Waals surface area contributed by atoms with Crippen molar-refractivity contribution in [1.29, 1.82) is 0 Å². The van der Waals surface area contributed by atoms with E-state index in [-0.39, 0.29) is 0 Å². The second-order valence-electron chi connectivity index (χ2n) is 6.43. The molecule has 21 heavy (non-hydrogen) atoms. The number of rotatable bonds is 1. The van der Waals surface area contributed by atoms with Gasteiger partial charge in [-0.05, 0) is 24.5 Å². The van der Waals surface area contributed by atoms with Gasteiger partial charge in [0.15, 0.2) is 6.21 Å². The van der Waals surface area contributed by atoms with Crippen LogP contribution in [0.15, 0.2) is 47.7 Å². The summed E-state index contributed by atoms with van der Waals surface area (Å²) in [7, 11) is 0. The molecular formula is C19H23N2+. The van der Waals surface area contributed by atoms with Gasteiger partial charge >= 0.3 is 0 Å². The molecule has 2 nitrogen and oxygen atoms in total. The van der Waals surface area contributed by atoms with E-state index in [0.29, 0.717) is 11.8 Å². The first kappa shape index (κ1) is 12.9. The zero-order valence-electron chi connectivity index (χ0n) is 12.7. The van der Waals surface area contributed by atoms with Crippen molar-refractivity contribution in [2.75, 3.05) is 18.4 Å². The number of nitrogens with one attached hydrogen (secondary N) is 1. The fourth-order valence-electron chi connectivity index (χ4n) is 3.90. The summed E-state index contributed by atoms with van der Waals surface area (Å²) in [6, 6.07) is 8.78. The molecular weight excluding hydrogens is 256 g/mol. The molecule has 0 spiro atoms. The molecule has 2 bridgehead atoms. The van der Waals surface area contributed by atoms with Gasteiger partial charge in [0.25, 0.3) is 0 Å². The van der Waals surface area contributed by atoms with Crippen LogP contribution >= 0.6 is 0 Å². The quantitative estimate of drug-likeness (QED) is 0.770. The lowest BCUT2D eigenvalue weighted by Gasteiger charge is -2.16. The maximum atomic E-state index is 3.65. The summed E-state index contributed by atoms with van der Waals surface area (Å²) in [6.07, 6.45) is 10.8. The number of benzene rings is 1. The van der Waals surface area contributed by atoms with Crippen LogP contribution in [-0.4, -0.2) is 23.9 Å². The molecule has 4 rings (SSSR count). The van der Waals surface area contributed by atoms with E-state index < -0.39 is 0 Å². The molecule has 0 aromatic heterocycles. The highest BCUT2D eigenvalue weighted by Gasteiger charge is 2.30. The second-order valence-corrected chi connectivity index (χ2v) is 6.43. The van der Waals surface area contributed by atoms with Crippen LogP contribution in [0.2, 0.25) is 0 Å². The topological polar surface area (TPSA) is 15.0 Å². The van der Waals surface area contributed by atoms with Gasteiger partial charge in [0.05, 0.1) is 0 Å². The second kappa shape index (κ2) is 5.18. The van der Waals surface area contributed by atoms with Crippen molar-refractivity contribution in [1.82, 2.24) is 0 Å². The Bertz CT molecular complexity index is 651. The van der Waals surface area contributed by atoms with Crippen LogP contribution in [0.3, 0.4) is 0 Å². The van der Waals surface area contributed by atoms with Gasteiger partial charge in [-0.25, -0.2) is 4.58 Å². The van der Waals surface area contributed by atoms with Crippen molar-refractivity contribution >= 4 is 11.9 Å². The fraction of sp³-hybridized carbons (Fsp3) is 0.421. The summed E-state index contributed by atoms with van der Waals surface area (Å²) < 4.78 is 2.54. The lowest BCUT2D eigenvalue weighted by Crippen LogP contribution is -2.26. The van der Waals surface area contributed by atoms with Crippen molar-refractivity contribution in [3.05, 3.63) is 53.3 Å². The average molecular weight is 279 g/mol. The Morgan fingerprint density at radius 1 is 1.29 bits per heavy atom. The predicted molar refractivity (Wildman–Crippen MR) is 88.0 cm³/mol. The van der Waals surface area contributed by atoms with Crippen LogP contribution in [0.4, 0.5) is 5.69 Å². The largest absolute Gasteiger partial charge is 0.358 e. The molecule has 2 unspecified atom stereocenters. The molecule has 2 heteroatoms. The number of para-hydroxylation sites is 1. The number of allylic oxidation sites excluding steroid dienone is 3. The zero-order valence-corrected chi connectivity index (χ0v) is 12.7. The van der Waals surface area contributed by atoms with Gasteiger partial charge < -0.3 is 5.32 Å². The lowest BCUT2D eigenvalue weighted by molar-refractivity contribution is -0.530. The van der Waals surface area contributed by atoms with E-state index in [1.165, 1.54) is 35.5 Å². The van der Waals surface area contributed by atoms with Gasteiger partial charge in [-0.1, -0.05) is 37.3 Å². The number of hydrogen-bond donors (Lipinski definition) is 1. The Morgan fingerprint density at radius 3 is 3.10 bits per heavy atom. The first-order valence-corrected chi connectivity index (χ1v) is 8.19. The molecule has 1 N–H and O–H groups in total. The molecule has 108 valence electrons. The highest BCUT2D eigenvalue weighted by molar-refractivity contribution is 5.75. The predicted octanol–water partition coefficient (Wildman–Crippen LogP) is 3.92. The van der Waals surface area contributed by atoms with Crippen LogP contribution in [0.25, 0.3) is 0 Å². The minimum absolute atomic E-state index is 0.555. The Balaban J connectivity index is 1.68. The van der Waals surface area contributed by atoms with Crippen molar-refractivity contribution < 1.29 is 4.58 Å². The van der Waals surface area contributed by atoms with Crippen LogP contribution in [-0.2, 0) is 0 Å². The number of nitrogens with zero attached hydrogens (tertiary/aromatic N) is 1. The Hall–Kier alpha value is -1.83. The molecule has 0 amide bonds. The Labute approximate surface area is 126 Å². The summed E-state index contributed by atoms with van der Waals surface area (Å²) in [5.41, 5.74) is 5.72. The summed E-state index contributed by atoms with van der Waals surface area (Å²) in [5, 5.41) is 3.65.